The Morgan fingerprint density at radius 1 is 1.41 bits per heavy atom. The number of hydrogen-bond acceptors (Lipinski definition) is 5. The van der Waals surface area contributed by atoms with Crippen LogP contribution < -0.4 is 5.73 Å². The molecule has 2 rings (SSSR count). The second kappa shape index (κ2) is 4.96. The largest absolute Gasteiger partial charge is 0.384 e. The molecule has 7 heteroatoms. The van der Waals surface area contributed by atoms with Crippen LogP contribution in [0.4, 0.5) is 0 Å². The minimum atomic E-state index is 0.0849. The fourth-order valence-corrected chi connectivity index (χ4v) is 2.08. The average Bonchev–Trinajstić information content (AvgIpc) is 2.73. The number of rotatable bonds is 4. The Hall–Kier alpha value is -1.89. The fraction of sp³-hybridized carbons (Fsp3) is 0.200. The molecule has 0 spiro atoms. The number of amidine groups is 1. The normalized spacial score (nSPS) is 10.4. The average molecular weight is 248 g/mol. The van der Waals surface area contributed by atoms with Crippen LogP contribution in [0.3, 0.4) is 0 Å². The van der Waals surface area contributed by atoms with E-state index < -0.39 is 0 Å². The SMILES string of the molecule is Cn1nnnc1SCc1ccc(C(=N)N)cc1. The zero-order valence-electron chi connectivity index (χ0n) is 9.29. The fourth-order valence-electron chi connectivity index (χ4n) is 1.27. The lowest BCUT2D eigenvalue weighted by molar-refractivity contribution is 0.664. The van der Waals surface area contributed by atoms with E-state index >= 15 is 0 Å². The number of nitrogen functional groups attached to an aromatic ring is 1. The molecule has 0 atom stereocenters. The van der Waals surface area contributed by atoms with Gasteiger partial charge in [0.05, 0.1) is 0 Å². The topological polar surface area (TPSA) is 93.5 Å². The first-order valence-electron chi connectivity index (χ1n) is 4.95. The molecule has 88 valence electrons. The lowest BCUT2D eigenvalue weighted by Crippen LogP contribution is -2.10. The van der Waals surface area contributed by atoms with Gasteiger partial charge in [0, 0.05) is 18.4 Å². The highest BCUT2D eigenvalue weighted by molar-refractivity contribution is 7.98. The van der Waals surface area contributed by atoms with E-state index in [0.29, 0.717) is 0 Å². The molecule has 3 N–H and O–H groups in total. The molecule has 2 aromatic rings. The van der Waals surface area contributed by atoms with Gasteiger partial charge in [-0.3, -0.25) is 5.41 Å². The van der Waals surface area contributed by atoms with E-state index in [1.165, 1.54) is 0 Å². The standard InChI is InChI=1S/C10H12N6S/c1-16-10(13-14-15-16)17-6-7-2-4-8(5-3-7)9(11)12/h2-5H,6H2,1H3,(H3,11,12). The number of nitrogens with one attached hydrogen (secondary N) is 1. The number of tetrazole rings is 1. The maximum Gasteiger partial charge on any atom is 0.209 e. The van der Waals surface area contributed by atoms with Crippen LogP contribution in [0.25, 0.3) is 0 Å². The lowest BCUT2D eigenvalue weighted by atomic mass is 10.1. The molecule has 1 heterocycles. The van der Waals surface area contributed by atoms with Gasteiger partial charge in [-0.25, -0.2) is 4.68 Å². The molecule has 0 fully saturated rings. The Kier molecular flexibility index (Phi) is 3.38. The summed E-state index contributed by atoms with van der Waals surface area (Å²) in [6.07, 6.45) is 0. The van der Waals surface area contributed by atoms with Crippen molar-refractivity contribution in [2.24, 2.45) is 12.8 Å². The van der Waals surface area contributed by atoms with Gasteiger partial charge in [0.25, 0.3) is 0 Å². The van der Waals surface area contributed by atoms with E-state index in [9.17, 15) is 0 Å². The summed E-state index contributed by atoms with van der Waals surface area (Å²) in [7, 11) is 1.81. The monoisotopic (exact) mass is 248 g/mol. The molecule has 6 nitrogen and oxygen atoms in total. The second-order valence-electron chi connectivity index (χ2n) is 3.48. The van der Waals surface area contributed by atoms with Crippen molar-refractivity contribution in [3.05, 3.63) is 35.4 Å². The first-order valence-corrected chi connectivity index (χ1v) is 5.94. The van der Waals surface area contributed by atoms with Crippen LogP contribution in [-0.2, 0) is 12.8 Å². The molecule has 0 amide bonds. The Morgan fingerprint density at radius 3 is 2.65 bits per heavy atom. The molecule has 0 aliphatic heterocycles. The third-order valence-electron chi connectivity index (χ3n) is 2.21. The third kappa shape index (κ3) is 2.82. The van der Waals surface area contributed by atoms with Gasteiger partial charge in [0.2, 0.25) is 5.16 Å². The molecular weight excluding hydrogens is 236 g/mol. The van der Waals surface area contributed by atoms with Crippen molar-refractivity contribution in [3.8, 4) is 0 Å². The zero-order chi connectivity index (χ0) is 12.3. The van der Waals surface area contributed by atoms with E-state index in [4.69, 9.17) is 11.1 Å². The number of aryl methyl sites for hydroxylation is 1. The maximum absolute atomic E-state index is 7.29. The smallest absolute Gasteiger partial charge is 0.209 e. The summed E-state index contributed by atoms with van der Waals surface area (Å²) in [5.41, 5.74) is 7.26. The Bertz CT molecular complexity index is 518. The van der Waals surface area contributed by atoms with Gasteiger partial charge in [-0.05, 0) is 16.0 Å². The van der Waals surface area contributed by atoms with E-state index in [1.54, 1.807) is 23.5 Å². The number of nitrogens with two attached hydrogens (primary N) is 1. The van der Waals surface area contributed by atoms with Crippen LogP contribution in [0.15, 0.2) is 29.4 Å². The third-order valence-corrected chi connectivity index (χ3v) is 3.30. The summed E-state index contributed by atoms with van der Waals surface area (Å²) in [5, 5.41) is 19.3. The van der Waals surface area contributed by atoms with Crippen molar-refractivity contribution >= 4 is 17.6 Å². The Balaban J connectivity index is 2.00. The molecular formula is C10H12N6S. The van der Waals surface area contributed by atoms with Crippen molar-refractivity contribution in [2.75, 3.05) is 0 Å². The molecule has 0 unspecified atom stereocenters. The molecule has 0 aliphatic rings. The van der Waals surface area contributed by atoms with Crippen LogP contribution in [-0.4, -0.2) is 26.0 Å². The maximum atomic E-state index is 7.29. The van der Waals surface area contributed by atoms with Gasteiger partial charge in [-0.2, -0.15) is 0 Å². The Morgan fingerprint density at radius 2 is 2.12 bits per heavy atom. The first kappa shape index (κ1) is 11.6. The molecule has 0 radical (unpaired) electrons. The number of hydrogen-bond donors (Lipinski definition) is 2. The van der Waals surface area contributed by atoms with Crippen LogP contribution in [0.1, 0.15) is 11.1 Å². The molecule has 0 bridgehead atoms. The van der Waals surface area contributed by atoms with Crippen LogP contribution >= 0.6 is 11.8 Å². The van der Waals surface area contributed by atoms with Gasteiger partial charge >= 0.3 is 0 Å². The summed E-state index contributed by atoms with van der Waals surface area (Å²) in [4.78, 5) is 0. The summed E-state index contributed by atoms with van der Waals surface area (Å²) < 4.78 is 1.63. The highest BCUT2D eigenvalue weighted by Gasteiger charge is 2.03. The van der Waals surface area contributed by atoms with Gasteiger partial charge < -0.3 is 5.73 Å². The predicted molar refractivity (Wildman–Crippen MR) is 65.8 cm³/mol. The zero-order valence-corrected chi connectivity index (χ0v) is 10.1. The summed E-state index contributed by atoms with van der Waals surface area (Å²) in [6, 6.07) is 7.58. The van der Waals surface area contributed by atoms with Gasteiger partial charge in [-0.1, -0.05) is 36.0 Å². The number of nitrogens with zero attached hydrogens (tertiary/aromatic N) is 4. The molecule has 1 aromatic heterocycles. The second-order valence-corrected chi connectivity index (χ2v) is 4.43. The molecule has 0 aliphatic carbocycles. The summed E-state index contributed by atoms with van der Waals surface area (Å²) in [5.74, 6) is 0.869. The predicted octanol–water partition coefficient (Wildman–Crippen LogP) is 0.786. The molecule has 0 saturated carbocycles. The van der Waals surface area contributed by atoms with Crippen LogP contribution in [0.2, 0.25) is 0 Å². The first-order chi connectivity index (χ1) is 8.16. The van der Waals surface area contributed by atoms with E-state index in [2.05, 4.69) is 15.5 Å². The van der Waals surface area contributed by atoms with Crippen LogP contribution in [0.5, 0.6) is 0 Å². The minimum absolute atomic E-state index is 0.0849. The summed E-state index contributed by atoms with van der Waals surface area (Å²) in [6.45, 7) is 0. The number of aromatic nitrogens is 4. The van der Waals surface area contributed by atoms with Gasteiger partial charge in [0.15, 0.2) is 0 Å². The molecule has 0 saturated heterocycles. The number of benzene rings is 1. The number of thioether (sulfide) groups is 1. The van der Waals surface area contributed by atoms with Gasteiger partial charge in [0.1, 0.15) is 5.84 Å². The minimum Gasteiger partial charge on any atom is -0.384 e. The van der Waals surface area contributed by atoms with Crippen molar-refractivity contribution in [1.82, 2.24) is 20.2 Å². The van der Waals surface area contributed by atoms with E-state index in [0.717, 1.165) is 22.0 Å². The quantitative estimate of drug-likeness (QED) is 0.474. The van der Waals surface area contributed by atoms with Gasteiger partial charge in [-0.15, -0.1) is 5.10 Å². The highest BCUT2D eigenvalue weighted by Crippen LogP contribution is 2.19. The van der Waals surface area contributed by atoms with E-state index in [-0.39, 0.29) is 5.84 Å². The highest BCUT2D eigenvalue weighted by atomic mass is 32.2. The van der Waals surface area contributed by atoms with Crippen molar-refractivity contribution in [3.63, 3.8) is 0 Å². The summed E-state index contributed by atoms with van der Waals surface area (Å²) >= 11 is 1.56. The van der Waals surface area contributed by atoms with Crippen molar-refractivity contribution < 1.29 is 0 Å². The lowest BCUT2D eigenvalue weighted by Gasteiger charge is -2.02. The Labute approximate surface area is 103 Å². The molecule has 17 heavy (non-hydrogen) atoms. The van der Waals surface area contributed by atoms with Crippen molar-refractivity contribution in [1.29, 1.82) is 5.41 Å². The van der Waals surface area contributed by atoms with Crippen molar-refractivity contribution in [2.45, 2.75) is 10.9 Å². The molecule has 1 aromatic carbocycles. The van der Waals surface area contributed by atoms with Crippen LogP contribution in [0, 0.1) is 5.41 Å². The van der Waals surface area contributed by atoms with E-state index in [1.807, 2.05) is 24.3 Å².